The number of hydrogen-bond donors (Lipinski definition) is 1. The molecule has 110 valence electrons. The van der Waals surface area contributed by atoms with Crippen LogP contribution in [0, 0.1) is 10.1 Å². The van der Waals surface area contributed by atoms with E-state index < -0.39 is 10.8 Å². The van der Waals surface area contributed by atoms with Gasteiger partial charge in [0.05, 0.1) is 11.5 Å². The van der Waals surface area contributed by atoms with Crippen molar-refractivity contribution in [1.29, 1.82) is 0 Å². The minimum absolute atomic E-state index is 0.0793. The number of nitro benzene ring substituents is 1. The lowest BCUT2D eigenvalue weighted by molar-refractivity contribution is -0.384. The number of rotatable bonds is 5. The first kappa shape index (κ1) is 14.9. The van der Waals surface area contributed by atoms with Gasteiger partial charge >= 0.3 is 0 Å². The molecule has 9 heteroatoms. The third-order valence-electron chi connectivity index (χ3n) is 2.85. The molecular formula is C12H12ClN5O3. The van der Waals surface area contributed by atoms with Crippen LogP contribution in [0.1, 0.15) is 23.1 Å². The number of nitrogens with one attached hydrogen (secondary N) is 1. The van der Waals surface area contributed by atoms with Gasteiger partial charge in [0.15, 0.2) is 5.82 Å². The van der Waals surface area contributed by atoms with Crippen LogP contribution < -0.4 is 5.32 Å². The first-order chi connectivity index (χ1) is 10.0. The number of amides is 1. The Morgan fingerprint density at radius 2 is 2.29 bits per heavy atom. The van der Waals surface area contributed by atoms with Gasteiger partial charge in [-0.3, -0.25) is 14.9 Å². The van der Waals surface area contributed by atoms with Crippen LogP contribution >= 0.6 is 11.6 Å². The van der Waals surface area contributed by atoms with E-state index in [1.54, 1.807) is 10.9 Å². The highest BCUT2D eigenvalue weighted by Crippen LogP contribution is 2.24. The van der Waals surface area contributed by atoms with Gasteiger partial charge in [-0.05, 0) is 19.1 Å². The van der Waals surface area contributed by atoms with E-state index in [2.05, 4.69) is 15.5 Å². The number of halogens is 1. The molecule has 1 heterocycles. The Balaban J connectivity index is 2.07. The molecule has 0 saturated heterocycles. The predicted molar refractivity (Wildman–Crippen MR) is 75.0 cm³/mol. The van der Waals surface area contributed by atoms with E-state index in [0.717, 1.165) is 0 Å². The molecule has 0 atom stereocenters. The maximum absolute atomic E-state index is 12.0. The normalized spacial score (nSPS) is 10.4. The Labute approximate surface area is 124 Å². The molecule has 2 rings (SSSR count). The van der Waals surface area contributed by atoms with Crippen LogP contribution in [0.3, 0.4) is 0 Å². The summed E-state index contributed by atoms with van der Waals surface area (Å²) in [5, 5.41) is 20.9. The average molecular weight is 310 g/mol. The lowest BCUT2D eigenvalue weighted by Crippen LogP contribution is -2.24. The Morgan fingerprint density at radius 1 is 1.52 bits per heavy atom. The fourth-order valence-corrected chi connectivity index (χ4v) is 1.99. The fourth-order valence-electron chi connectivity index (χ4n) is 1.74. The molecule has 1 N–H and O–H groups in total. The van der Waals surface area contributed by atoms with Crippen molar-refractivity contribution in [1.82, 2.24) is 20.1 Å². The number of nitro groups is 1. The van der Waals surface area contributed by atoms with Gasteiger partial charge in [-0.25, -0.2) is 0 Å². The number of carbonyl (C=O) groups is 1. The van der Waals surface area contributed by atoms with Crippen LogP contribution in [-0.4, -0.2) is 25.6 Å². The highest BCUT2D eigenvalue weighted by atomic mass is 35.5. The van der Waals surface area contributed by atoms with Gasteiger partial charge < -0.3 is 9.88 Å². The third kappa shape index (κ3) is 3.34. The van der Waals surface area contributed by atoms with Gasteiger partial charge in [0.1, 0.15) is 11.3 Å². The van der Waals surface area contributed by atoms with Crippen LogP contribution in [0.25, 0.3) is 0 Å². The number of hydrogen-bond acceptors (Lipinski definition) is 5. The van der Waals surface area contributed by atoms with Crippen LogP contribution in [0.15, 0.2) is 24.5 Å². The summed E-state index contributed by atoms with van der Waals surface area (Å²) in [5.41, 5.74) is 0.00658. The molecule has 0 unspecified atom stereocenters. The minimum atomic E-state index is -0.603. The highest BCUT2D eigenvalue weighted by molar-refractivity contribution is 6.33. The van der Waals surface area contributed by atoms with E-state index in [0.29, 0.717) is 12.4 Å². The molecular weight excluding hydrogens is 298 g/mol. The first-order valence-corrected chi connectivity index (χ1v) is 6.49. The highest BCUT2D eigenvalue weighted by Gasteiger charge is 2.15. The van der Waals surface area contributed by atoms with Crippen LogP contribution in [0.5, 0.6) is 0 Å². The topological polar surface area (TPSA) is 103 Å². The lowest BCUT2D eigenvalue weighted by atomic mass is 10.2. The Bertz CT molecular complexity index is 685. The van der Waals surface area contributed by atoms with Gasteiger partial charge in [0.25, 0.3) is 11.6 Å². The number of nitrogens with zero attached hydrogens (tertiary/aromatic N) is 4. The van der Waals surface area contributed by atoms with Crippen LogP contribution in [-0.2, 0) is 13.1 Å². The Morgan fingerprint density at radius 3 is 2.90 bits per heavy atom. The molecule has 0 fully saturated rings. The first-order valence-electron chi connectivity index (χ1n) is 6.11. The van der Waals surface area contributed by atoms with Crippen molar-refractivity contribution in [3.63, 3.8) is 0 Å². The summed E-state index contributed by atoms with van der Waals surface area (Å²) in [6.45, 7) is 2.84. The molecule has 1 aromatic heterocycles. The fraction of sp³-hybridized carbons (Fsp3) is 0.250. The predicted octanol–water partition coefficient (Wildman–Crippen LogP) is 1.79. The molecule has 0 bridgehead atoms. The number of aryl methyl sites for hydroxylation is 1. The molecule has 0 aliphatic rings. The zero-order valence-corrected chi connectivity index (χ0v) is 11.9. The standard InChI is InChI=1S/C12H12ClN5O3/c1-2-17-7-15-16-11(17)6-14-12(19)8-3-4-10(18(20)21)9(13)5-8/h3-5,7H,2,6H2,1H3,(H,14,19). The molecule has 0 spiro atoms. The summed E-state index contributed by atoms with van der Waals surface area (Å²) < 4.78 is 1.79. The van der Waals surface area contributed by atoms with Crippen molar-refractivity contribution >= 4 is 23.2 Å². The molecule has 0 aliphatic carbocycles. The zero-order chi connectivity index (χ0) is 15.4. The van der Waals surface area contributed by atoms with Crippen molar-refractivity contribution in [3.05, 3.63) is 51.1 Å². The van der Waals surface area contributed by atoms with E-state index in [9.17, 15) is 14.9 Å². The molecule has 0 saturated carbocycles. The van der Waals surface area contributed by atoms with Crippen molar-refractivity contribution in [3.8, 4) is 0 Å². The second-order valence-corrected chi connectivity index (χ2v) is 4.55. The lowest BCUT2D eigenvalue weighted by Gasteiger charge is -2.06. The molecule has 1 amide bonds. The van der Waals surface area contributed by atoms with Gasteiger partial charge in [0.2, 0.25) is 0 Å². The summed E-state index contributed by atoms with van der Waals surface area (Å²) >= 11 is 5.77. The van der Waals surface area contributed by atoms with E-state index in [-0.39, 0.29) is 22.8 Å². The molecule has 2 aromatic rings. The summed E-state index contributed by atoms with van der Waals surface area (Å²) in [6.07, 6.45) is 1.57. The minimum Gasteiger partial charge on any atom is -0.345 e. The Hall–Kier alpha value is -2.48. The van der Waals surface area contributed by atoms with Gasteiger partial charge in [-0.15, -0.1) is 10.2 Å². The number of benzene rings is 1. The third-order valence-corrected chi connectivity index (χ3v) is 3.15. The second-order valence-electron chi connectivity index (χ2n) is 4.14. The van der Waals surface area contributed by atoms with E-state index >= 15 is 0 Å². The van der Waals surface area contributed by atoms with E-state index in [4.69, 9.17) is 11.6 Å². The second kappa shape index (κ2) is 6.31. The van der Waals surface area contributed by atoms with Crippen molar-refractivity contribution in [2.75, 3.05) is 0 Å². The van der Waals surface area contributed by atoms with Gasteiger partial charge in [-0.1, -0.05) is 11.6 Å². The van der Waals surface area contributed by atoms with Gasteiger partial charge in [-0.2, -0.15) is 0 Å². The van der Waals surface area contributed by atoms with Crippen molar-refractivity contribution < 1.29 is 9.72 Å². The monoisotopic (exact) mass is 309 g/mol. The average Bonchev–Trinajstić information content (AvgIpc) is 2.91. The maximum Gasteiger partial charge on any atom is 0.287 e. The summed E-state index contributed by atoms with van der Waals surface area (Å²) in [5.74, 6) is 0.233. The zero-order valence-electron chi connectivity index (χ0n) is 11.1. The SMILES string of the molecule is CCn1cnnc1CNC(=O)c1ccc([N+](=O)[O-])c(Cl)c1. The van der Waals surface area contributed by atoms with Crippen LogP contribution in [0.4, 0.5) is 5.69 Å². The van der Waals surface area contributed by atoms with Crippen molar-refractivity contribution in [2.45, 2.75) is 20.0 Å². The molecule has 8 nitrogen and oxygen atoms in total. The Kier molecular flexibility index (Phi) is 4.49. The molecule has 0 aliphatic heterocycles. The largest absolute Gasteiger partial charge is 0.345 e. The smallest absolute Gasteiger partial charge is 0.287 e. The maximum atomic E-state index is 12.0. The summed E-state index contributed by atoms with van der Waals surface area (Å²) in [4.78, 5) is 22.0. The molecule has 0 radical (unpaired) electrons. The molecule has 1 aromatic carbocycles. The quantitative estimate of drug-likeness (QED) is 0.670. The summed E-state index contributed by atoms with van der Waals surface area (Å²) in [7, 11) is 0. The summed E-state index contributed by atoms with van der Waals surface area (Å²) in [6, 6.07) is 3.81. The van der Waals surface area contributed by atoms with Gasteiger partial charge in [0, 0.05) is 18.2 Å². The number of aromatic nitrogens is 3. The molecule has 21 heavy (non-hydrogen) atoms. The van der Waals surface area contributed by atoms with E-state index in [1.807, 2.05) is 6.92 Å². The van der Waals surface area contributed by atoms with Crippen LogP contribution in [0.2, 0.25) is 5.02 Å². The van der Waals surface area contributed by atoms with E-state index in [1.165, 1.54) is 18.2 Å². The number of carbonyl (C=O) groups excluding carboxylic acids is 1. The van der Waals surface area contributed by atoms with Crippen molar-refractivity contribution in [2.24, 2.45) is 0 Å².